The van der Waals surface area contributed by atoms with Crippen molar-refractivity contribution in [2.75, 3.05) is 11.9 Å². The fraction of sp³-hybridized carbons (Fsp3) is 0.353. The smallest absolute Gasteiger partial charge is 0.387 e. The highest BCUT2D eigenvalue weighted by molar-refractivity contribution is 7.66. The van der Waals surface area contributed by atoms with Gasteiger partial charge in [-0.3, -0.25) is 9.32 Å². The lowest BCUT2D eigenvalue weighted by atomic mass is 9.96. The van der Waals surface area contributed by atoms with Gasteiger partial charge < -0.3 is 44.4 Å². The first kappa shape index (κ1) is 28.6. The van der Waals surface area contributed by atoms with Crippen molar-refractivity contribution in [2.45, 2.75) is 31.0 Å². The molecule has 0 bridgehead atoms. The molecule has 18 nitrogen and oxygen atoms in total. The van der Waals surface area contributed by atoms with Gasteiger partial charge in [0.1, 0.15) is 40.5 Å². The lowest BCUT2D eigenvalue weighted by Gasteiger charge is -2.27. The van der Waals surface area contributed by atoms with Crippen LogP contribution < -0.4 is 5.32 Å². The second-order valence-electron chi connectivity index (χ2n) is 8.57. The lowest BCUT2D eigenvalue weighted by molar-refractivity contribution is -0.0946. The normalized spacial score (nSPS) is 28.0. The molecule has 0 saturated carbocycles. The van der Waals surface area contributed by atoms with Gasteiger partial charge in [0.15, 0.2) is 6.23 Å². The number of hydrogen-bond donors (Lipinski definition) is 7. The molecule has 5 heterocycles. The highest BCUT2D eigenvalue weighted by atomic mass is 32.1. The first-order valence-corrected chi connectivity index (χ1v) is 16.0. The number of carbonyl (C=O) groups is 1. The zero-order valence-electron chi connectivity index (χ0n) is 19.3. The third-order valence-corrected chi connectivity index (χ3v) is 10.5. The maximum absolute atomic E-state index is 12.6. The van der Waals surface area contributed by atoms with Crippen molar-refractivity contribution in [3.8, 4) is 11.1 Å². The molecule has 1 saturated heterocycles. The van der Waals surface area contributed by atoms with Gasteiger partial charge in [-0.1, -0.05) is 0 Å². The van der Waals surface area contributed by atoms with Crippen LogP contribution in [0.3, 0.4) is 0 Å². The summed E-state index contributed by atoms with van der Waals surface area (Å²) in [5.41, 5.74) is -0.762. The number of thiophene rings is 1. The monoisotopic (exact) mass is 628 g/mol. The summed E-state index contributed by atoms with van der Waals surface area (Å²) in [7, 11) is -16.9. The molecular weight excluding hydrogens is 609 g/mol. The standard InChI is InChI=1S/C17H19N4O14P3S/c1-17(24)12(22)9(5-32-37(28,29)35-38(30,31)34-36(25,26)27)33-16(17)21-4-8-7-2-3-39-11(7)15(23)20-13-10(8)14(21)19-6-18-13/h2-4,6,9,12,16,22,24H,5H2,1H3,(H,28,29)(H,30,31)(H2,25,26,27)(H,18,19,20,23)/t9-,12-,16-,17-/m1/s1. The number of anilines is 1. The average Bonchev–Trinajstić information content (AvgIpc) is 3.44. The van der Waals surface area contributed by atoms with Crippen molar-refractivity contribution < 1.29 is 66.2 Å². The van der Waals surface area contributed by atoms with Gasteiger partial charge in [-0.2, -0.15) is 8.62 Å². The van der Waals surface area contributed by atoms with Crippen molar-refractivity contribution in [3.63, 3.8) is 0 Å². The van der Waals surface area contributed by atoms with E-state index in [9.17, 15) is 38.5 Å². The number of aliphatic hydroxyl groups excluding tert-OH is 1. The van der Waals surface area contributed by atoms with Crippen LogP contribution in [0.2, 0.25) is 0 Å². The van der Waals surface area contributed by atoms with Crippen LogP contribution in [0.4, 0.5) is 5.82 Å². The van der Waals surface area contributed by atoms with Crippen molar-refractivity contribution >= 4 is 57.6 Å². The summed E-state index contributed by atoms with van der Waals surface area (Å²) in [6, 6.07) is 1.72. The minimum Gasteiger partial charge on any atom is -0.387 e. The molecule has 2 aliphatic heterocycles. The van der Waals surface area contributed by atoms with E-state index < -0.39 is 54.1 Å². The summed E-state index contributed by atoms with van der Waals surface area (Å²) in [5, 5.41) is 26.7. The topological polar surface area (TPSA) is 269 Å². The molecule has 0 spiro atoms. The minimum atomic E-state index is -5.76. The maximum atomic E-state index is 12.6. The predicted octanol–water partition coefficient (Wildman–Crippen LogP) is 1.08. The summed E-state index contributed by atoms with van der Waals surface area (Å²) in [4.78, 5) is 57.6. The molecule has 0 aliphatic carbocycles. The number of aromatic nitrogens is 3. The van der Waals surface area contributed by atoms with E-state index >= 15 is 0 Å². The Hall–Kier alpha value is -1.92. The van der Waals surface area contributed by atoms with Gasteiger partial charge in [-0.25, -0.2) is 23.7 Å². The van der Waals surface area contributed by atoms with Crippen molar-refractivity contribution in [2.24, 2.45) is 0 Å². The molecule has 212 valence electrons. The number of nitrogens with zero attached hydrogens (tertiary/aromatic N) is 3. The number of fused-ring (bicyclic) bond motifs is 2. The third kappa shape index (κ3) is 5.40. The lowest BCUT2D eigenvalue weighted by Crippen LogP contribution is -2.44. The minimum absolute atomic E-state index is 0.199. The number of phosphoric ester groups is 1. The molecule has 0 aromatic carbocycles. The Kier molecular flexibility index (Phi) is 7.03. The van der Waals surface area contributed by atoms with Crippen LogP contribution in [-0.2, 0) is 31.6 Å². The number of carbonyl (C=O) groups excluding carboxylic acids is 1. The molecular formula is C17H19N4O14P3S. The van der Waals surface area contributed by atoms with Crippen molar-refractivity contribution in [1.82, 2.24) is 14.5 Å². The highest BCUT2D eigenvalue weighted by Crippen LogP contribution is 2.66. The van der Waals surface area contributed by atoms with E-state index in [4.69, 9.17) is 14.5 Å². The van der Waals surface area contributed by atoms with Crippen LogP contribution in [0, 0.1) is 0 Å². The van der Waals surface area contributed by atoms with E-state index in [0.717, 1.165) is 0 Å². The largest absolute Gasteiger partial charge is 0.490 e. The van der Waals surface area contributed by atoms with Gasteiger partial charge >= 0.3 is 23.5 Å². The number of amides is 1. The van der Waals surface area contributed by atoms with Gasteiger partial charge in [0.25, 0.3) is 5.91 Å². The fourth-order valence-corrected chi connectivity index (χ4v) is 8.11. The zero-order chi connectivity index (χ0) is 28.5. The predicted molar refractivity (Wildman–Crippen MR) is 129 cm³/mol. The quantitative estimate of drug-likeness (QED) is 0.172. The molecule has 7 N–H and O–H groups in total. The molecule has 1 amide bonds. The summed E-state index contributed by atoms with van der Waals surface area (Å²) in [6.45, 7) is 0.221. The molecule has 6 atom stereocenters. The van der Waals surface area contributed by atoms with Crippen molar-refractivity contribution in [3.05, 3.63) is 28.8 Å². The highest BCUT2D eigenvalue weighted by Gasteiger charge is 2.54. The molecule has 1 fully saturated rings. The van der Waals surface area contributed by atoms with Crippen LogP contribution in [0.25, 0.3) is 22.2 Å². The van der Waals surface area contributed by atoms with E-state index in [2.05, 4.69) is 28.4 Å². The summed E-state index contributed by atoms with van der Waals surface area (Å²) in [6.07, 6.45) is -1.96. The van der Waals surface area contributed by atoms with Crippen LogP contribution in [0.5, 0.6) is 0 Å². The van der Waals surface area contributed by atoms with Crippen LogP contribution in [0.15, 0.2) is 24.0 Å². The SMILES string of the molecule is C[C@@]1(O)[C@H](O)[C@@H](COP(=O)(O)OP(=O)(O)OP(=O)(O)O)O[C@H]1n1cc2c3c(ncnc31)NC(=O)c1sccc1-2. The first-order valence-electron chi connectivity index (χ1n) is 10.6. The van der Waals surface area contributed by atoms with Gasteiger partial charge in [-0.15, -0.1) is 11.3 Å². The molecule has 3 aromatic rings. The Bertz CT molecular complexity index is 1620. The van der Waals surface area contributed by atoms with Gasteiger partial charge in [-0.05, 0) is 18.4 Å². The van der Waals surface area contributed by atoms with E-state index in [0.29, 0.717) is 21.4 Å². The third-order valence-electron chi connectivity index (χ3n) is 5.83. The fourth-order valence-electron chi connectivity index (χ4n) is 4.27. The molecule has 39 heavy (non-hydrogen) atoms. The summed E-state index contributed by atoms with van der Waals surface area (Å²) in [5.74, 6) is -0.168. The van der Waals surface area contributed by atoms with E-state index in [1.165, 1.54) is 35.4 Å². The second-order valence-corrected chi connectivity index (χ2v) is 13.9. The molecule has 2 unspecified atom stereocenters. The Morgan fingerprint density at radius 2 is 1.87 bits per heavy atom. The van der Waals surface area contributed by atoms with Crippen molar-refractivity contribution in [1.29, 1.82) is 0 Å². The van der Waals surface area contributed by atoms with Crippen LogP contribution in [-0.4, -0.2) is 74.6 Å². The van der Waals surface area contributed by atoms with E-state index in [1.54, 1.807) is 11.4 Å². The zero-order valence-corrected chi connectivity index (χ0v) is 22.8. The number of nitrogens with one attached hydrogen (secondary N) is 1. The van der Waals surface area contributed by atoms with Crippen LogP contribution >= 0.6 is 34.8 Å². The molecule has 3 aromatic heterocycles. The Morgan fingerprint density at radius 1 is 1.15 bits per heavy atom. The Morgan fingerprint density at radius 3 is 2.56 bits per heavy atom. The number of hydrogen-bond acceptors (Lipinski definition) is 13. The molecule has 2 aliphatic rings. The summed E-state index contributed by atoms with van der Waals surface area (Å²) < 4.78 is 53.4. The van der Waals surface area contributed by atoms with Gasteiger partial charge in [0.05, 0.1) is 12.0 Å². The first-order chi connectivity index (χ1) is 18.0. The number of rotatable bonds is 8. The summed E-state index contributed by atoms with van der Waals surface area (Å²) >= 11 is 1.20. The number of ether oxygens (including phenoxy) is 1. The van der Waals surface area contributed by atoms with Gasteiger partial charge in [0, 0.05) is 17.3 Å². The molecule has 22 heteroatoms. The van der Waals surface area contributed by atoms with Crippen LogP contribution in [0.1, 0.15) is 22.8 Å². The number of phosphoric acid groups is 3. The Balaban J connectivity index is 1.42. The molecule has 5 rings (SSSR count). The Labute approximate surface area is 221 Å². The number of aliphatic hydroxyl groups is 2. The van der Waals surface area contributed by atoms with E-state index in [-0.39, 0.29) is 17.4 Å². The van der Waals surface area contributed by atoms with Gasteiger partial charge in [0.2, 0.25) is 0 Å². The maximum Gasteiger partial charge on any atom is 0.490 e. The molecule has 0 radical (unpaired) electrons. The average molecular weight is 628 g/mol. The second kappa shape index (κ2) is 9.58. The van der Waals surface area contributed by atoms with E-state index in [1.807, 2.05) is 0 Å².